The van der Waals surface area contributed by atoms with Crippen molar-refractivity contribution in [1.82, 2.24) is 0 Å². The highest BCUT2D eigenvalue weighted by Crippen LogP contribution is 2.45. The summed E-state index contributed by atoms with van der Waals surface area (Å²) in [6.07, 6.45) is 4.74. The molecule has 0 spiro atoms. The number of benzene rings is 1. The van der Waals surface area contributed by atoms with E-state index in [1.807, 2.05) is 6.07 Å². The highest BCUT2D eigenvalue weighted by atomic mass is 16.5. The predicted molar refractivity (Wildman–Crippen MR) is 74.8 cm³/mol. The zero-order valence-electron chi connectivity index (χ0n) is 11.5. The summed E-state index contributed by atoms with van der Waals surface area (Å²) in [6, 6.07) is 8.38. The lowest BCUT2D eigenvalue weighted by molar-refractivity contribution is 0.344. The number of hydrogen-bond donors (Lipinski definition) is 0. The van der Waals surface area contributed by atoms with E-state index in [1.165, 1.54) is 30.0 Å². The summed E-state index contributed by atoms with van der Waals surface area (Å²) in [5, 5.41) is 0. The Morgan fingerprint density at radius 1 is 1.06 bits per heavy atom. The molecule has 3 rings (SSSR count). The number of fused-ring (bicyclic) bond motifs is 1. The normalized spacial score (nSPS) is 19.2. The van der Waals surface area contributed by atoms with E-state index < -0.39 is 0 Å². The van der Waals surface area contributed by atoms with Gasteiger partial charge in [-0.2, -0.15) is 0 Å². The topological polar surface area (TPSA) is 12.5 Å². The molecule has 1 aromatic carbocycles. The van der Waals surface area contributed by atoms with Crippen LogP contribution < -0.4 is 9.64 Å². The van der Waals surface area contributed by atoms with Gasteiger partial charge >= 0.3 is 0 Å². The molecule has 0 bridgehead atoms. The number of allylic oxidation sites excluding steroid dienone is 2. The van der Waals surface area contributed by atoms with Gasteiger partial charge in [-0.1, -0.05) is 12.1 Å². The summed E-state index contributed by atoms with van der Waals surface area (Å²) in [6.45, 7) is 6.82. The maximum absolute atomic E-state index is 6.10. The van der Waals surface area contributed by atoms with Gasteiger partial charge in [-0.25, -0.2) is 0 Å². The lowest BCUT2D eigenvalue weighted by atomic mass is 9.94. The molecule has 0 fully saturated rings. The van der Waals surface area contributed by atoms with E-state index in [9.17, 15) is 0 Å². The Hall–Kier alpha value is -1.44. The number of rotatable bonds is 0. The number of anilines is 1. The van der Waals surface area contributed by atoms with E-state index in [0.717, 1.165) is 18.6 Å². The van der Waals surface area contributed by atoms with Gasteiger partial charge in [-0.3, -0.25) is 0 Å². The largest absolute Gasteiger partial charge is 0.458 e. The van der Waals surface area contributed by atoms with Gasteiger partial charge in [0.05, 0.1) is 11.4 Å². The smallest absolute Gasteiger partial charge is 0.150 e. The first kappa shape index (κ1) is 11.6. The minimum absolute atomic E-state index is 0.0950. The maximum atomic E-state index is 6.10. The molecule has 0 atom stereocenters. The maximum Gasteiger partial charge on any atom is 0.150 e. The van der Waals surface area contributed by atoms with Crippen LogP contribution in [0.1, 0.15) is 46.5 Å². The molecule has 0 aromatic heterocycles. The van der Waals surface area contributed by atoms with Crippen LogP contribution in [0.5, 0.6) is 5.75 Å². The molecule has 1 aliphatic carbocycles. The van der Waals surface area contributed by atoms with Crippen molar-refractivity contribution in [2.45, 2.75) is 52.0 Å². The fourth-order valence-corrected chi connectivity index (χ4v) is 2.98. The predicted octanol–water partition coefficient (Wildman–Crippen LogP) is 4.47. The van der Waals surface area contributed by atoms with Crippen LogP contribution in [-0.4, -0.2) is 5.54 Å². The molecule has 0 saturated heterocycles. The van der Waals surface area contributed by atoms with E-state index in [1.54, 1.807) is 0 Å². The van der Waals surface area contributed by atoms with Crippen LogP contribution in [0.15, 0.2) is 35.7 Å². The number of para-hydroxylation sites is 2. The molecule has 0 radical (unpaired) electrons. The first-order chi connectivity index (χ1) is 8.57. The van der Waals surface area contributed by atoms with Crippen LogP contribution in [0.25, 0.3) is 0 Å². The standard InChI is InChI=1S/C16H21NO/c1-16(2,3)17-12-8-4-6-10-14(12)18-15-11-7-5-9-13(15)17/h4,6,8,10H,5,7,9,11H2,1-3H3. The molecular formula is C16H21NO. The van der Waals surface area contributed by atoms with Crippen molar-refractivity contribution < 1.29 is 4.74 Å². The summed E-state index contributed by atoms with van der Waals surface area (Å²) in [5.41, 5.74) is 2.70. The van der Waals surface area contributed by atoms with Crippen molar-refractivity contribution in [2.24, 2.45) is 0 Å². The van der Waals surface area contributed by atoms with E-state index in [2.05, 4.69) is 43.9 Å². The molecule has 96 valence electrons. The summed E-state index contributed by atoms with van der Waals surface area (Å²) in [7, 11) is 0. The first-order valence-corrected chi connectivity index (χ1v) is 6.86. The molecular weight excluding hydrogens is 222 g/mol. The Labute approximate surface area is 109 Å². The third kappa shape index (κ3) is 1.80. The Bertz CT molecular complexity index is 496. The zero-order chi connectivity index (χ0) is 12.8. The summed E-state index contributed by atoms with van der Waals surface area (Å²) < 4.78 is 6.10. The van der Waals surface area contributed by atoms with Crippen molar-refractivity contribution in [3.05, 3.63) is 35.7 Å². The van der Waals surface area contributed by atoms with Crippen LogP contribution in [0.3, 0.4) is 0 Å². The summed E-state index contributed by atoms with van der Waals surface area (Å²) in [5.74, 6) is 2.20. The van der Waals surface area contributed by atoms with Gasteiger partial charge in [0, 0.05) is 12.0 Å². The van der Waals surface area contributed by atoms with Gasteiger partial charge in [0.25, 0.3) is 0 Å². The van der Waals surface area contributed by atoms with Gasteiger partial charge in [0.2, 0.25) is 0 Å². The highest BCUT2D eigenvalue weighted by molar-refractivity contribution is 5.67. The fourth-order valence-electron chi connectivity index (χ4n) is 2.98. The molecule has 0 saturated carbocycles. The van der Waals surface area contributed by atoms with Crippen LogP contribution in [0, 0.1) is 0 Å². The van der Waals surface area contributed by atoms with Crippen molar-refractivity contribution in [2.75, 3.05) is 4.90 Å². The second-order valence-electron chi connectivity index (χ2n) is 6.15. The van der Waals surface area contributed by atoms with E-state index in [4.69, 9.17) is 4.74 Å². The van der Waals surface area contributed by atoms with E-state index in [0.29, 0.717) is 0 Å². The monoisotopic (exact) mass is 243 g/mol. The zero-order valence-corrected chi connectivity index (χ0v) is 11.5. The third-order valence-electron chi connectivity index (χ3n) is 3.67. The lowest BCUT2D eigenvalue weighted by Crippen LogP contribution is -2.44. The number of hydrogen-bond acceptors (Lipinski definition) is 2. The average Bonchev–Trinajstić information content (AvgIpc) is 2.34. The van der Waals surface area contributed by atoms with Gasteiger partial charge < -0.3 is 9.64 Å². The molecule has 0 unspecified atom stereocenters. The molecule has 2 heteroatoms. The Morgan fingerprint density at radius 2 is 1.78 bits per heavy atom. The van der Waals surface area contributed by atoms with Crippen LogP contribution in [-0.2, 0) is 0 Å². The molecule has 1 aliphatic heterocycles. The third-order valence-corrected chi connectivity index (χ3v) is 3.67. The van der Waals surface area contributed by atoms with Gasteiger partial charge in [0.1, 0.15) is 5.76 Å². The minimum Gasteiger partial charge on any atom is -0.458 e. The second-order valence-corrected chi connectivity index (χ2v) is 6.15. The summed E-state index contributed by atoms with van der Waals surface area (Å²) >= 11 is 0. The summed E-state index contributed by atoms with van der Waals surface area (Å²) in [4.78, 5) is 2.47. The van der Waals surface area contributed by atoms with Crippen molar-refractivity contribution in [3.8, 4) is 5.75 Å². The van der Waals surface area contributed by atoms with Crippen molar-refractivity contribution >= 4 is 5.69 Å². The fraction of sp³-hybridized carbons (Fsp3) is 0.500. The Balaban J connectivity index is 2.14. The molecule has 0 amide bonds. The number of nitrogens with zero attached hydrogens (tertiary/aromatic N) is 1. The van der Waals surface area contributed by atoms with Crippen molar-refractivity contribution in [3.63, 3.8) is 0 Å². The Morgan fingerprint density at radius 3 is 2.56 bits per heavy atom. The average molecular weight is 243 g/mol. The first-order valence-electron chi connectivity index (χ1n) is 6.86. The molecule has 18 heavy (non-hydrogen) atoms. The SMILES string of the molecule is CC(C)(C)N1C2=C(CCCC2)Oc2ccccc21. The van der Waals surface area contributed by atoms with Crippen LogP contribution in [0.4, 0.5) is 5.69 Å². The van der Waals surface area contributed by atoms with Crippen molar-refractivity contribution in [1.29, 1.82) is 0 Å². The quantitative estimate of drug-likeness (QED) is 0.666. The van der Waals surface area contributed by atoms with E-state index in [-0.39, 0.29) is 5.54 Å². The lowest BCUT2D eigenvalue weighted by Gasteiger charge is -2.44. The van der Waals surface area contributed by atoms with E-state index >= 15 is 0 Å². The molecule has 2 nitrogen and oxygen atoms in total. The molecule has 2 aliphatic rings. The Kier molecular flexibility index (Phi) is 2.61. The molecule has 1 heterocycles. The second kappa shape index (κ2) is 4.04. The van der Waals surface area contributed by atoms with Gasteiger partial charge in [0.15, 0.2) is 5.75 Å². The minimum atomic E-state index is 0.0950. The molecule has 0 N–H and O–H groups in total. The van der Waals surface area contributed by atoms with Gasteiger partial charge in [-0.05, 0) is 52.2 Å². The van der Waals surface area contributed by atoms with Crippen LogP contribution >= 0.6 is 0 Å². The van der Waals surface area contributed by atoms with Crippen LogP contribution in [0.2, 0.25) is 0 Å². The van der Waals surface area contributed by atoms with Gasteiger partial charge in [-0.15, -0.1) is 0 Å². The highest BCUT2D eigenvalue weighted by Gasteiger charge is 2.34. The molecule has 1 aromatic rings. The number of ether oxygens (including phenoxy) is 1.